The Morgan fingerprint density at radius 3 is 2.50 bits per heavy atom. The molecule has 6 heteroatoms. The Kier molecular flexibility index (Phi) is 4.66. The number of ether oxygens (including phenoxy) is 2. The van der Waals surface area contributed by atoms with Gasteiger partial charge in [-0.3, -0.25) is 4.79 Å². The molecule has 2 fully saturated rings. The van der Waals surface area contributed by atoms with Crippen LogP contribution in [-0.4, -0.2) is 42.4 Å². The van der Waals surface area contributed by atoms with Gasteiger partial charge in [0.25, 0.3) is 0 Å². The molecule has 0 aromatic heterocycles. The number of thiocarbonyl (C=S) groups is 1. The Morgan fingerprint density at radius 2 is 1.95 bits per heavy atom. The maximum Gasteiger partial charge on any atom is 0.233 e. The first-order valence-corrected chi connectivity index (χ1v) is 7.59. The van der Waals surface area contributed by atoms with Gasteiger partial charge in [-0.15, -0.1) is 0 Å². The quantitative estimate of drug-likeness (QED) is 0.765. The van der Waals surface area contributed by atoms with Gasteiger partial charge < -0.3 is 20.5 Å². The van der Waals surface area contributed by atoms with Crippen LogP contribution in [0.3, 0.4) is 0 Å². The summed E-state index contributed by atoms with van der Waals surface area (Å²) in [4.78, 5) is 12.9. The van der Waals surface area contributed by atoms with E-state index in [4.69, 9.17) is 27.4 Å². The Hall–Kier alpha value is -0.720. The number of rotatable bonds is 3. The number of hydrogen-bond donors (Lipinski definition) is 2. The molecule has 0 aliphatic carbocycles. The zero-order chi connectivity index (χ0) is 14.8. The fraction of sp³-hybridized carbons (Fsp3) is 0.857. The maximum absolute atomic E-state index is 12.7. The van der Waals surface area contributed by atoms with Crippen molar-refractivity contribution in [2.45, 2.75) is 51.2 Å². The molecule has 0 aromatic rings. The molecule has 114 valence electrons. The van der Waals surface area contributed by atoms with Gasteiger partial charge in [0.1, 0.15) is 5.41 Å². The topological polar surface area (TPSA) is 73.6 Å². The third-order valence-corrected chi connectivity index (χ3v) is 4.68. The minimum absolute atomic E-state index is 0.0454. The molecular weight excluding hydrogens is 276 g/mol. The summed E-state index contributed by atoms with van der Waals surface area (Å²) >= 11 is 5.15. The van der Waals surface area contributed by atoms with Crippen LogP contribution in [0.1, 0.15) is 39.5 Å². The summed E-state index contributed by atoms with van der Waals surface area (Å²) in [5.41, 5.74) is 4.92. The van der Waals surface area contributed by atoms with E-state index in [1.54, 1.807) is 0 Å². The van der Waals surface area contributed by atoms with Gasteiger partial charge in [0.2, 0.25) is 5.91 Å². The molecular formula is C14H24N2O3S. The third-order valence-electron chi connectivity index (χ3n) is 4.28. The van der Waals surface area contributed by atoms with Crippen molar-refractivity contribution in [3.05, 3.63) is 0 Å². The molecule has 0 aromatic carbocycles. The van der Waals surface area contributed by atoms with Crippen LogP contribution in [0.15, 0.2) is 0 Å². The number of carbonyl (C=O) groups is 1. The standard InChI is InChI=1S/C14H24N2O3S/c1-13(2)9-10(3-6-19-13)16-12(17)14(11(15)20)4-7-18-8-5-14/h10H,3-9H2,1-2H3,(H2,15,20)(H,16,17). The minimum atomic E-state index is -0.740. The normalized spacial score (nSPS) is 28.6. The molecule has 1 atom stereocenters. The average molecular weight is 300 g/mol. The Morgan fingerprint density at radius 1 is 1.30 bits per heavy atom. The van der Waals surface area contributed by atoms with Crippen LogP contribution in [0.2, 0.25) is 0 Å². The molecule has 0 bridgehead atoms. The molecule has 2 heterocycles. The lowest BCUT2D eigenvalue weighted by Crippen LogP contribution is -2.56. The van der Waals surface area contributed by atoms with Gasteiger partial charge in [-0.25, -0.2) is 0 Å². The second-order valence-corrected chi connectivity index (χ2v) is 6.77. The Balaban J connectivity index is 2.03. The van der Waals surface area contributed by atoms with E-state index < -0.39 is 5.41 Å². The molecule has 0 radical (unpaired) electrons. The Bertz CT molecular complexity index is 392. The van der Waals surface area contributed by atoms with Crippen molar-refractivity contribution in [2.24, 2.45) is 11.1 Å². The molecule has 5 nitrogen and oxygen atoms in total. The van der Waals surface area contributed by atoms with Gasteiger partial charge in [-0.1, -0.05) is 12.2 Å². The van der Waals surface area contributed by atoms with E-state index in [1.165, 1.54) is 0 Å². The monoisotopic (exact) mass is 300 g/mol. The lowest BCUT2D eigenvalue weighted by molar-refractivity contribution is -0.134. The molecule has 0 saturated carbocycles. The molecule has 2 aliphatic rings. The van der Waals surface area contributed by atoms with Gasteiger partial charge in [0.15, 0.2) is 0 Å². The van der Waals surface area contributed by atoms with Crippen molar-refractivity contribution in [3.8, 4) is 0 Å². The van der Waals surface area contributed by atoms with Crippen molar-refractivity contribution < 1.29 is 14.3 Å². The van der Waals surface area contributed by atoms with Crippen LogP contribution in [-0.2, 0) is 14.3 Å². The smallest absolute Gasteiger partial charge is 0.233 e. The zero-order valence-corrected chi connectivity index (χ0v) is 13.1. The predicted molar refractivity (Wildman–Crippen MR) is 80.5 cm³/mol. The van der Waals surface area contributed by atoms with E-state index in [-0.39, 0.29) is 22.5 Å². The second kappa shape index (κ2) is 5.95. The number of carbonyl (C=O) groups excluding carboxylic acids is 1. The molecule has 20 heavy (non-hydrogen) atoms. The highest BCUT2D eigenvalue weighted by molar-refractivity contribution is 7.80. The first-order valence-electron chi connectivity index (χ1n) is 7.18. The van der Waals surface area contributed by atoms with Crippen molar-refractivity contribution in [1.29, 1.82) is 0 Å². The molecule has 1 unspecified atom stereocenters. The van der Waals surface area contributed by atoms with Gasteiger partial charge >= 0.3 is 0 Å². The van der Waals surface area contributed by atoms with Crippen LogP contribution in [0, 0.1) is 5.41 Å². The van der Waals surface area contributed by atoms with Crippen LogP contribution in [0.25, 0.3) is 0 Å². The predicted octanol–water partition coefficient (Wildman–Crippen LogP) is 1.14. The molecule has 2 aliphatic heterocycles. The lowest BCUT2D eigenvalue weighted by atomic mass is 9.78. The molecule has 3 N–H and O–H groups in total. The molecule has 1 amide bonds. The summed E-state index contributed by atoms with van der Waals surface area (Å²) in [5, 5.41) is 3.12. The fourth-order valence-corrected chi connectivity index (χ4v) is 3.28. The zero-order valence-electron chi connectivity index (χ0n) is 12.2. The van der Waals surface area contributed by atoms with E-state index in [2.05, 4.69) is 5.32 Å². The van der Waals surface area contributed by atoms with Crippen molar-refractivity contribution >= 4 is 23.1 Å². The first-order chi connectivity index (χ1) is 9.36. The molecule has 2 saturated heterocycles. The number of nitrogens with one attached hydrogen (secondary N) is 1. The summed E-state index contributed by atoms with van der Waals surface area (Å²) in [6.45, 7) is 5.82. The summed E-state index contributed by atoms with van der Waals surface area (Å²) < 4.78 is 11.0. The highest BCUT2D eigenvalue weighted by Gasteiger charge is 2.44. The van der Waals surface area contributed by atoms with Gasteiger partial charge in [0, 0.05) is 25.9 Å². The summed E-state index contributed by atoms with van der Waals surface area (Å²) in [5.74, 6) is -0.0454. The summed E-state index contributed by atoms with van der Waals surface area (Å²) in [7, 11) is 0. The van der Waals surface area contributed by atoms with Crippen LogP contribution in [0.5, 0.6) is 0 Å². The summed E-state index contributed by atoms with van der Waals surface area (Å²) in [6, 6.07) is 0.125. The summed E-state index contributed by atoms with van der Waals surface area (Å²) in [6.07, 6.45) is 2.78. The third kappa shape index (κ3) is 3.30. The largest absolute Gasteiger partial charge is 0.392 e. The second-order valence-electron chi connectivity index (χ2n) is 6.33. The SMILES string of the molecule is CC1(C)CC(NC(=O)C2(C(N)=S)CCOCC2)CCO1. The van der Waals surface area contributed by atoms with Crippen LogP contribution < -0.4 is 11.1 Å². The van der Waals surface area contributed by atoms with Gasteiger partial charge in [-0.2, -0.15) is 0 Å². The van der Waals surface area contributed by atoms with E-state index in [1.807, 2.05) is 13.8 Å². The number of amides is 1. The van der Waals surface area contributed by atoms with E-state index in [0.717, 1.165) is 12.8 Å². The van der Waals surface area contributed by atoms with Crippen LogP contribution in [0.4, 0.5) is 0 Å². The number of hydrogen-bond acceptors (Lipinski definition) is 4. The lowest BCUT2D eigenvalue weighted by Gasteiger charge is -2.39. The Labute approximate surface area is 125 Å². The molecule has 2 rings (SSSR count). The fourth-order valence-electron chi connectivity index (χ4n) is 2.98. The maximum atomic E-state index is 12.7. The average Bonchev–Trinajstić information content (AvgIpc) is 2.38. The van der Waals surface area contributed by atoms with Gasteiger partial charge in [-0.05, 0) is 39.5 Å². The minimum Gasteiger partial charge on any atom is -0.392 e. The highest BCUT2D eigenvalue weighted by Crippen LogP contribution is 2.32. The highest BCUT2D eigenvalue weighted by atomic mass is 32.1. The van der Waals surface area contributed by atoms with E-state index in [0.29, 0.717) is 32.7 Å². The van der Waals surface area contributed by atoms with E-state index >= 15 is 0 Å². The van der Waals surface area contributed by atoms with Crippen molar-refractivity contribution in [2.75, 3.05) is 19.8 Å². The van der Waals surface area contributed by atoms with Crippen molar-refractivity contribution in [1.82, 2.24) is 5.32 Å². The van der Waals surface area contributed by atoms with E-state index in [9.17, 15) is 4.79 Å². The van der Waals surface area contributed by atoms with Gasteiger partial charge in [0.05, 0.1) is 10.6 Å². The first kappa shape index (κ1) is 15.7. The van der Waals surface area contributed by atoms with Crippen LogP contribution >= 0.6 is 12.2 Å². The number of nitrogens with two attached hydrogens (primary N) is 1. The molecule has 0 spiro atoms. The van der Waals surface area contributed by atoms with Crippen molar-refractivity contribution in [3.63, 3.8) is 0 Å².